The third kappa shape index (κ3) is 5.30. The first-order valence-corrected chi connectivity index (χ1v) is 11.6. The lowest BCUT2D eigenvalue weighted by Crippen LogP contribution is -2.38. The van der Waals surface area contributed by atoms with Gasteiger partial charge >= 0.3 is 5.69 Å². The van der Waals surface area contributed by atoms with Gasteiger partial charge in [-0.2, -0.15) is 5.10 Å². The molecule has 0 bridgehead atoms. The van der Waals surface area contributed by atoms with Crippen molar-refractivity contribution in [2.45, 2.75) is 51.6 Å². The molecule has 7 heteroatoms. The number of piperidine rings is 1. The highest BCUT2D eigenvalue weighted by Gasteiger charge is 2.28. The Morgan fingerprint density at radius 1 is 0.939 bits per heavy atom. The summed E-state index contributed by atoms with van der Waals surface area (Å²) in [5.41, 5.74) is 1.60. The average molecular weight is 447 g/mol. The summed E-state index contributed by atoms with van der Waals surface area (Å²) >= 11 is 0. The number of benzene rings is 2. The van der Waals surface area contributed by atoms with E-state index in [1.165, 1.54) is 0 Å². The number of aromatic nitrogens is 3. The van der Waals surface area contributed by atoms with Crippen molar-refractivity contribution in [3.8, 4) is 0 Å². The molecule has 1 aliphatic heterocycles. The van der Waals surface area contributed by atoms with Crippen LogP contribution < -0.4 is 5.69 Å². The first kappa shape index (κ1) is 22.7. The van der Waals surface area contributed by atoms with Gasteiger partial charge in [0, 0.05) is 44.0 Å². The molecule has 2 aromatic carbocycles. The van der Waals surface area contributed by atoms with E-state index in [9.17, 15) is 14.4 Å². The van der Waals surface area contributed by atoms with Gasteiger partial charge in [-0.1, -0.05) is 60.7 Å². The van der Waals surface area contributed by atoms with Crippen LogP contribution in [0.15, 0.2) is 65.5 Å². The fourth-order valence-electron chi connectivity index (χ4n) is 4.45. The monoisotopic (exact) mass is 446 g/mol. The minimum Gasteiger partial charge on any atom is -0.343 e. The van der Waals surface area contributed by atoms with Gasteiger partial charge < -0.3 is 4.90 Å². The van der Waals surface area contributed by atoms with Gasteiger partial charge in [-0.05, 0) is 25.3 Å². The van der Waals surface area contributed by atoms with Crippen molar-refractivity contribution < 1.29 is 9.59 Å². The summed E-state index contributed by atoms with van der Waals surface area (Å²) in [6.45, 7) is 4.22. The second kappa shape index (κ2) is 10.4. The molecule has 1 fully saturated rings. The van der Waals surface area contributed by atoms with Crippen LogP contribution >= 0.6 is 0 Å². The van der Waals surface area contributed by atoms with Crippen molar-refractivity contribution in [1.82, 2.24) is 19.2 Å². The average Bonchev–Trinajstić information content (AvgIpc) is 3.18. The molecule has 1 amide bonds. The van der Waals surface area contributed by atoms with Gasteiger partial charge in [-0.25, -0.2) is 9.48 Å². The van der Waals surface area contributed by atoms with Gasteiger partial charge in [0.15, 0.2) is 5.78 Å². The highest BCUT2D eigenvalue weighted by Crippen LogP contribution is 2.27. The van der Waals surface area contributed by atoms with Crippen molar-refractivity contribution in [3.63, 3.8) is 0 Å². The maximum Gasteiger partial charge on any atom is 0.346 e. The van der Waals surface area contributed by atoms with Crippen molar-refractivity contribution in [3.05, 3.63) is 88.1 Å². The summed E-state index contributed by atoms with van der Waals surface area (Å²) in [5, 5.41) is 4.68. The molecule has 1 aliphatic rings. The van der Waals surface area contributed by atoms with Crippen LogP contribution in [-0.2, 0) is 17.9 Å². The number of rotatable bonds is 8. The first-order valence-electron chi connectivity index (χ1n) is 11.6. The molecular formula is C26H30N4O3. The summed E-state index contributed by atoms with van der Waals surface area (Å²) in [6.07, 6.45) is 1.98. The van der Waals surface area contributed by atoms with E-state index < -0.39 is 0 Å². The molecule has 0 saturated carbocycles. The predicted molar refractivity (Wildman–Crippen MR) is 126 cm³/mol. The standard InChI is InChI=1S/C26H30N4O3/c1-2-29-25(27-30(26(29)33)19-20-9-5-3-6-10-20)22-15-17-28(18-16-22)24(32)14-13-23(31)21-11-7-4-8-12-21/h3-12,22H,2,13-19H2,1H3. The van der Waals surface area contributed by atoms with Crippen LogP contribution in [0, 0.1) is 0 Å². The number of carbonyl (C=O) groups excluding carboxylic acids is 2. The van der Waals surface area contributed by atoms with Crippen molar-refractivity contribution in [2.75, 3.05) is 13.1 Å². The van der Waals surface area contributed by atoms with Crippen LogP contribution in [0.5, 0.6) is 0 Å². The van der Waals surface area contributed by atoms with E-state index in [0.717, 1.165) is 24.2 Å². The molecule has 33 heavy (non-hydrogen) atoms. The van der Waals surface area contributed by atoms with Crippen molar-refractivity contribution in [2.24, 2.45) is 0 Å². The maximum atomic E-state index is 12.9. The highest BCUT2D eigenvalue weighted by molar-refractivity contribution is 5.97. The molecule has 0 aliphatic carbocycles. The second-order valence-corrected chi connectivity index (χ2v) is 8.47. The Hall–Kier alpha value is -3.48. The van der Waals surface area contributed by atoms with Crippen molar-refractivity contribution in [1.29, 1.82) is 0 Å². The van der Waals surface area contributed by atoms with Gasteiger partial charge in [0.25, 0.3) is 0 Å². The molecule has 0 radical (unpaired) electrons. The number of nitrogens with zero attached hydrogens (tertiary/aromatic N) is 4. The van der Waals surface area contributed by atoms with E-state index in [1.807, 2.05) is 60.4 Å². The van der Waals surface area contributed by atoms with Crippen LogP contribution in [0.25, 0.3) is 0 Å². The molecule has 7 nitrogen and oxygen atoms in total. The number of ketones is 1. The van der Waals surface area contributed by atoms with Gasteiger partial charge in [0.05, 0.1) is 6.54 Å². The van der Waals surface area contributed by atoms with Crippen LogP contribution in [-0.4, -0.2) is 44.0 Å². The molecular weight excluding hydrogens is 416 g/mol. The number of Topliss-reactive ketones (excluding diaryl/α,β-unsaturated/α-hetero) is 1. The summed E-state index contributed by atoms with van der Waals surface area (Å²) in [6, 6.07) is 18.9. The van der Waals surface area contributed by atoms with Crippen molar-refractivity contribution >= 4 is 11.7 Å². The minimum atomic E-state index is -0.0886. The Morgan fingerprint density at radius 3 is 2.21 bits per heavy atom. The third-order valence-corrected chi connectivity index (χ3v) is 6.32. The summed E-state index contributed by atoms with van der Waals surface area (Å²) in [4.78, 5) is 39.7. The fraction of sp³-hybridized carbons (Fsp3) is 0.385. The van der Waals surface area contributed by atoms with Gasteiger partial charge in [0.2, 0.25) is 5.91 Å². The van der Waals surface area contributed by atoms with Crippen LogP contribution in [0.2, 0.25) is 0 Å². The highest BCUT2D eigenvalue weighted by atomic mass is 16.2. The van der Waals surface area contributed by atoms with Crippen LogP contribution in [0.3, 0.4) is 0 Å². The summed E-state index contributed by atoms with van der Waals surface area (Å²) in [5.74, 6) is 0.962. The number of carbonyl (C=O) groups is 2. The molecule has 2 heterocycles. The minimum absolute atomic E-state index is 0.00486. The Balaban J connectivity index is 1.35. The molecule has 3 aromatic rings. The van der Waals surface area contributed by atoms with E-state index in [-0.39, 0.29) is 36.1 Å². The van der Waals surface area contributed by atoms with Gasteiger partial charge in [-0.3, -0.25) is 14.2 Å². The third-order valence-electron chi connectivity index (χ3n) is 6.32. The first-order chi connectivity index (χ1) is 16.1. The quantitative estimate of drug-likeness (QED) is 0.497. The predicted octanol–water partition coefficient (Wildman–Crippen LogP) is 3.48. The second-order valence-electron chi connectivity index (χ2n) is 8.47. The number of hydrogen-bond acceptors (Lipinski definition) is 4. The lowest BCUT2D eigenvalue weighted by Gasteiger charge is -2.31. The largest absolute Gasteiger partial charge is 0.346 e. The Kier molecular flexibility index (Phi) is 7.17. The Labute approximate surface area is 193 Å². The molecule has 0 N–H and O–H groups in total. The molecule has 172 valence electrons. The zero-order valence-corrected chi connectivity index (χ0v) is 19.0. The zero-order chi connectivity index (χ0) is 23.2. The van der Waals surface area contributed by atoms with Gasteiger partial charge in [0.1, 0.15) is 5.82 Å². The normalized spacial score (nSPS) is 14.4. The fourth-order valence-corrected chi connectivity index (χ4v) is 4.45. The van der Waals surface area contributed by atoms with Crippen LogP contribution in [0.4, 0.5) is 0 Å². The number of hydrogen-bond donors (Lipinski definition) is 0. The lowest BCUT2D eigenvalue weighted by molar-refractivity contribution is -0.132. The number of amides is 1. The summed E-state index contributed by atoms with van der Waals surface area (Å²) < 4.78 is 3.30. The number of likely N-dealkylation sites (tertiary alicyclic amines) is 1. The Morgan fingerprint density at radius 2 is 1.58 bits per heavy atom. The van der Waals surface area contributed by atoms with E-state index in [4.69, 9.17) is 0 Å². The zero-order valence-electron chi connectivity index (χ0n) is 19.0. The maximum absolute atomic E-state index is 12.9. The topological polar surface area (TPSA) is 77.2 Å². The van der Waals surface area contributed by atoms with E-state index in [2.05, 4.69) is 5.10 Å². The Bertz CT molecular complexity index is 1140. The molecule has 1 saturated heterocycles. The molecule has 0 unspecified atom stereocenters. The smallest absolute Gasteiger partial charge is 0.343 e. The van der Waals surface area contributed by atoms with E-state index >= 15 is 0 Å². The van der Waals surface area contributed by atoms with Gasteiger partial charge in [-0.15, -0.1) is 0 Å². The SMILES string of the molecule is CCn1c(C2CCN(C(=O)CCC(=O)c3ccccc3)CC2)nn(Cc2ccccc2)c1=O. The lowest BCUT2D eigenvalue weighted by atomic mass is 9.95. The summed E-state index contributed by atoms with van der Waals surface area (Å²) in [7, 11) is 0. The van der Waals surface area contributed by atoms with E-state index in [0.29, 0.717) is 31.7 Å². The van der Waals surface area contributed by atoms with Crippen LogP contribution in [0.1, 0.15) is 60.3 Å². The molecule has 1 aromatic heterocycles. The molecule has 0 spiro atoms. The van der Waals surface area contributed by atoms with E-state index in [1.54, 1.807) is 21.4 Å². The molecule has 0 atom stereocenters. The molecule has 4 rings (SSSR count).